The lowest BCUT2D eigenvalue weighted by molar-refractivity contribution is -0.142. The third-order valence-corrected chi connectivity index (χ3v) is 4.26. The van der Waals surface area contributed by atoms with Crippen LogP contribution in [0.15, 0.2) is 0 Å². The molecule has 1 fully saturated rings. The number of hydrogen-bond acceptors (Lipinski definition) is 3. The lowest BCUT2D eigenvalue weighted by Gasteiger charge is -2.30. The Morgan fingerprint density at radius 1 is 1.25 bits per heavy atom. The van der Waals surface area contributed by atoms with Crippen molar-refractivity contribution in [3.8, 4) is 0 Å². The minimum Gasteiger partial charge on any atom is -0.312 e. The van der Waals surface area contributed by atoms with E-state index in [2.05, 4.69) is 15.3 Å². The number of piperidine rings is 1. The Hall–Kier alpha value is -1.08. The lowest BCUT2D eigenvalue weighted by Crippen LogP contribution is -2.33. The third-order valence-electron chi connectivity index (χ3n) is 4.26. The number of likely N-dealkylation sites (tertiary alicyclic amines) is 1. The van der Waals surface area contributed by atoms with Crippen LogP contribution in [0.5, 0.6) is 0 Å². The molecule has 0 aliphatic carbocycles. The van der Waals surface area contributed by atoms with Crippen LogP contribution in [0.4, 0.5) is 13.2 Å². The Morgan fingerprint density at radius 2 is 1.95 bits per heavy atom. The van der Waals surface area contributed by atoms with Crippen LogP contribution in [0, 0.1) is 0 Å². The molecule has 3 heterocycles. The second-order valence-corrected chi connectivity index (χ2v) is 5.68. The van der Waals surface area contributed by atoms with E-state index in [4.69, 9.17) is 0 Å². The predicted octanol–water partition coefficient (Wildman–Crippen LogP) is 1.81. The molecule has 3 rings (SSSR count). The van der Waals surface area contributed by atoms with Crippen molar-refractivity contribution >= 4 is 0 Å². The topological polar surface area (TPSA) is 33.1 Å². The largest absolute Gasteiger partial charge is 0.435 e. The second kappa shape index (κ2) is 5.04. The smallest absolute Gasteiger partial charge is 0.312 e. The van der Waals surface area contributed by atoms with Crippen molar-refractivity contribution in [2.45, 2.75) is 38.0 Å². The molecule has 0 bridgehead atoms. The molecule has 0 atom stereocenters. The van der Waals surface area contributed by atoms with Gasteiger partial charge >= 0.3 is 6.18 Å². The molecular weight excluding hydrogens is 269 g/mol. The predicted molar refractivity (Wildman–Crippen MR) is 68.4 cm³/mol. The quantitative estimate of drug-likeness (QED) is 0.855. The monoisotopic (exact) mass is 288 g/mol. The Balaban J connectivity index is 1.96. The van der Waals surface area contributed by atoms with Gasteiger partial charge in [-0.15, -0.1) is 0 Å². The third kappa shape index (κ3) is 2.44. The highest BCUT2D eigenvalue weighted by molar-refractivity contribution is 5.31. The van der Waals surface area contributed by atoms with E-state index in [1.165, 1.54) is 0 Å². The van der Waals surface area contributed by atoms with Crippen LogP contribution >= 0.6 is 0 Å². The van der Waals surface area contributed by atoms with E-state index in [1.54, 1.807) is 4.68 Å². The maximum Gasteiger partial charge on any atom is 0.435 e. The van der Waals surface area contributed by atoms with Crippen molar-refractivity contribution in [3.63, 3.8) is 0 Å². The molecule has 0 amide bonds. The van der Waals surface area contributed by atoms with Crippen molar-refractivity contribution < 1.29 is 13.2 Å². The van der Waals surface area contributed by atoms with Gasteiger partial charge in [0.15, 0.2) is 5.69 Å². The molecule has 0 spiro atoms. The number of fused-ring (bicyclic) bond motifs is 1. The SMILES string of the molecule is CN1CCC(n2nc(C(F)(F)F)c3c2CCNC3)CC1. The summed E-state index contributed by atoms with van der Waals surface area (Å²) < 4.78 is 41.0. The molecule has 112 valence electrons. The summed E-state index contributed by atoms with van der Waals surface area (Å²) in [6.45, 7) is 2.83. The molecule has 0 aromatic carbocycles. The van der Waals surface area contributed by atoms with Gasteiger partial charge < -0.3 is 10.2 Å². The molecule has 1 N–H and O–H groups in total. The van der Waals surface area contributed by atoms with Gasteiger partial charge in [0.05, 0.1) is 6.04 Å². The van der Waals surface area contributed by atoms with Gasteiger partial charge in [0, 0.05) is 30.8 Å². The van der Waals surface area contributed by atoms with Crippen molar-refractivity contribution in [2.75, 3.05) is 26.7 Å². The van der Waals surface area contributed by atoms with Gasteiger partial charge in [-0.1, -0.05) is 0 Å². The number of hydrogen-bond donors (Lipinski definition) is 1. The fourth-order valence-corrected chi connectivity index (χ4v) is 3.14. The Bertz CT molecular complexity index is 487. The number of aromatic nitrogens is 2. The first-order chi connectivity index (χ1) is 9.47. The molecule has 0 radical (unpaired) electrons. The Morgan fingerprint density at radius 3 is 2.60 bits per heavy atom. The molecule has 1 saturated heterocycles. The minimum atomic E-state index is -4.36. The molecule has 7 heteroatoms. The zero-order valence-electron chi connectivity index (χ0n) is 11.5. The van der Waals surface area contributed by atoms with E-state index in [9.17, 15) is 13.2 Å². The normalized spacial score (nSPS) is 22.0. The van der Waals surface area contributed by atoms with Gasteiger partial charge in [-0.2, -0.15) is 18.3 Å². The van der Waals surface area contributed by atoms with Gasteiger partial charge in [-0.3, -0.25) is 4.68 Å². The minimum absolute atomic E-state index is 0.106. The van der Waals surface area contributed by atoms with Gasteiger partial charge in [0.2, 0.25) is 0 Å². The number of halogens is 3. The summed E-state index contributed by atoms with van der Waals surface area (Å²) in [5.41, 5.74) is 0.437. The molecule has 0 saturated carbocycles. The van der Waals surface area contributed by atoms with Crippen LogP contribution in [0.25, 0.3) is 0 Å². The lowest BCUT2D eigenvalue weighted by atomic mass is 10.0. The van der Waals surface area contributed by atoms with Crippen LogP contribution in [0.3, 0.4) is 0 Å². The fourth-order valence-electron chi connectivity index (χ4n) is 3.14. The first kappa shape index (κ1) is 13.9. The van der Waals surface area contributed by atoms with E-state index in [-0.39, 0.29) is 12.6 Å². The van der Waals surface area contributed by atoms with Gasteiger partial charge in [-0.25, -0.2) is 0 Å². The molecule has 20 heavy (non-hydrogen) atoms. The van der Waals surface area contributed by atoms with E-state index in [0.717, 1.165) is 38.2 Å². The standard InChI is InChI=1S/C13H19F3N4/c1-19-6-3-9(4-7-19)20-11-2-5-17-8-10(11)12(18-20)13(14,15)16/h9,17H,2-8H2,1H3. The molecular formula is C13H19F3N4. The maximum absolute atomic E-state index is 13.1. The highest BCUT2D eigenvalue weighted by atomic mass is 19.4. The van der Waals surface area contributed by atoms with Crippen LogP contribution < -0.4 is 5.32 Å². The average Bonchev–Trinajstić information content (AvgIpc) is 2.79. The van der Waals surface area contributed by atoms with Gasteiger partial charge in [0.25, 0.3) is 0 Å². The number of rotatable bonds is 1. The highest BCUT2D eigenvalue weighted by Gasteiger charge is 2.40. The highest BCUT2D eigenvalue weighted by Crippen LogP contribution is 2.36. The summed E-state index contributed by atoms with van der Waals surface area (Å²) in [5, 5.41) is 6.96. The van der Waals surface area contributed by atoms with Crippen molar-refractivity contribution in [1.82, 2.24) is 20.0 Å². The van der Waals surface area contributed by atoms with Gasteiger partial charge in [-0.05, 0) is 33.0 Å². The number of alkyl halides is 3. The molecule has 0 unspecified atom stereocenters. The average molecular weight is 288 g/mol. The van der Waals surface area contributed by atoms with Gasteiger partial charge in [0.1, 0.15) is 0 Å². The summed E-state index contributed by atoms with van der Waals surface area (Å²) in [6, 6.07) is 0.106. The Labute approximate surface area is 115 Å². The van der Waals surface area contributed by atoms with Crippen LogP contribution in [0.1, 0.15) is 35.8 Å². The summed E-state index contributed by atoms with van der Waals surface area (Å²) in [4.78, 5) is 2.21. The van der Waals surface area contributed by atoms with E-state index < -0.39 is 11.9 Å². The van der Waals surface area contributed by atoms with E-state index >= 15 is 0 Å². The maximum atomic E-state index is 13.1. The summed E-state index contributed by atoms with van der Waals surface area (Å²) in [6.07, 6.45) is -1.99. The summed E-state index contributed by atoms with van der Waals surface area (Å²) in [5.74, 6) is 0. The molecule has 1 aromatic rings. The van der Waals surface area contributed by atoms with E-state index in [1.807, 2.05) is 7.05 Å². The van der Waals surface area contributed by atoms with E-state index in [0.29, 0.717) is 12.0 Å². The molecule has 2 aliphatic heterocycles. The van der Waals surface area contributed by atoms with Crippen molar-refractivity contribution in [2.24, 2.45) is 0 Å². The first-order valence-corrected chi connectivity index (χ1v) is 7.03. The summed E-state index contributed by atoms with van der Waals surface area (Å²) in [7, 11) is 2.04. The number of nitrogens with one attached hydrogen (secondary N) is 1. The molecule has 1 aromatic heterocycles. The zero-order chi connectivity index (χ0) is 14.3. The molecule has 4 nitrogen and oxygen atoms in total. The van der Waals surface area contributed by atoms with Crippen molar-refractivity contribution in [1.29, 1.82) is 0 Å². The first-order valence-electron chi connectivity index (χ1n) is 7.03. The van der Waals surface area contributed by atoms with Crippen LogP contribution in [0.2, 0.25) is 0 Å². The Kier molecular flexibility index (Phi) is 3.50. The van der Waals surface area contributed by atoms with Crippen molar-refractivity contribution in [3.05, 3.63) is 17.0 Å². The summed E-state index contributed by atoms with van der Waals surface area (Å²) >= 11 is 0. The fraction of sp³-hybridized carbons (Fsp3) is 0.769. The van der Waals surface area contributed by atoms with Crippen LogP contribution in [-0.4, -0.2) is 41.4 Å². The zero-order valence-corrected chi connectivity index (χ0v) is 11.5. The number of nitrogens with zero attached hydrogens (tertiary/aromatic N) is 3. The van der Waals surface area contributed by atoms with Crippen LogP contribution in [-0.2, 0) is 19.1 Å². The molecule has 2 aliphatic rings. The second-order valence-electron chi connectivity index (χ2n) is 5.68.